The highest BCUT2D eigenvalue weighted by Gasteiger charge is 2.33. The van der Waals surface area contributed by atoms with Gasteiger partial charge in [-0.2, -0.15) is 0 Å². The Bertz CT molecular complexity index is 266. The molecule has 0 aromatic heterocycles. The third-order valence-corrected chi connectivity index (χ3v) is 4.87. The molecule has 18 heavy (non-hydrogen) atoms. The number of carbonyl (C=O) groups is 2. The second-order valence-electron chi connectivity index (χ2n) is 6.20. The van der Waals surface area contributed by atoms with Gasteiger partial charge in [0.1, 0.15) is 11.6 Å². The lowest BCUT2D eigenvalue weighted by molar-refractivity contribution is -0.137. The first-order valence-electron chi connectivity index (χ1n) is 7.77. The molecular formula is C16H26O2. The molecule has 0 amide bonds. The predicted octanol–water partition coefficient (Wildman–Crippen LogP) is 3.92. The summed E-state index contributed by atoms with van der Waals surface area (Å²) in [6, 6.07) is 0. The molecule has 2 aliphatic rings. The van der Waals surface area contributed by atoms with E-state index >= 15 is 0 Å². The molecule has 2 nitrogen and oxygen atoms in total. The normalized spacial score (nSPS) is 23.2. The first-order valence-corrected chi connectivity index (χ1v) is 7.77. The van der Waals surface area contributed by atoms with E-state index in [-0.39, 0.29) is 29.3 Å². The molecule has 0 N–H and O–H groups in total. The van der Waals surface area contributed by atoms with Crippen molar-refractivity contribution >= 4 is 11.6 Å². The summed E-state index contributed by atoms with van der Waals surface area (Å²) in [4.78, 5) is 24.7. The first-order chi connectivity index (χ1) is 8.70. The summed E-state index contributed by atoms with van der Waals surface area (Å²) in [5.74, 6) is 0.509. The molecular weight excluding hydrogens is 224 g/mol. The summed E-state index contributed by atoms with van der Waals surface area (Å²) in [6.07, 6.45) is 11.2. The topological polar surface area (TPSA) is 34.1 Å². The third-order valence-electron chi connectivity index (χ3n) is 4.87. The number of rotatable bonds is 4. The Morgan fingerprint density at radius 1 is 0.722 bits per heavy atom. The molecule has 2 rings (SSSR count). The van der Waals surface area contributed by atoms with Crippen LogP contribution in [0.15, 0.2) is 0 Å². The van der Waals surface area contributed by atoms with Crippen LogP contribution < -0.4 is 0 Å². The maximum atomic E-state index is 12.4. The standard InChI is InChI=1S/C16H26O2/c1-12(15(17)13-8-4-2-5-9-13)16(18)14-10-6-3-7-11-14/h12-14H,2-11H2,1H3. The maximum absolute atomic E-state index is 12.4. The molecule has 0 aliphatic heterocycles. The van der Waals surface area contributed by atoms with E-state index in [1.165, 1.54) is 38.5 Å². The lowest BCUT2D eigenvalue weighted by Gasteiger charge is -2.26. The third kappa shape index (κ3) is 3.21. The van der Waals surface area contributed by atoms with Crippen LogP contribution in [-0.2, 0) is 9.59 Å². The zero-order valence-corrected chi connectivity index (χ0v) is 11.6. The minimum Gasteiger partial charge on any atom is -0.299 e. The van der Waals surface area contributed by atoms with Crippen LogP contribution in [0.3, 0.4) is 0 Å². The second kappa shape index (κ2) is 6.49. The van der Waals surface area contributed by atoms with Gasteiger partial charge in [-0.25, -0.2) is 0 Å². The number of Topliss-reactive ketones (excluding diaryl/α,β-unsaturated/α-hetero) is 2. The smallest absolute Gasteiger partial charge is 0.146 e. The van der Waals surface area contributed by atoms with Crippen LogP contribution in [0.1, 0.15) is 71.1 Å². The highest BCUT2D eigenvalue weighted by molar-refractivity contribution is 6.03. The van der Waals surface area contributed by atoms with Crippen molar-refractivity contribution in [3.8, 4) is 0 Å². The van der Waals surface area contributed by atoms with E-state index in [1.807, 2.05) is 6.92 Å². The average Bonchev–Trinajstić information content (AvgIpc) is 2.47. The number of hydrogen-bond acceptors (Lipinski definition) is 2. The van der Waals surface area contributed by atoms with Gasteiger partial charge in [-0.1, -0.05) is 38.5 Å². The minimum absolute atomic E-state index is 0.182. The van der Waals surface area contributed by atoms with Gasteiger partial charge in [0.2, 0.25) is 0 Å². The van der Waals surface area contributed by atoms with Gasteiger partial charge in [-0.15, -0.1) is 0 Å². The number of hydrogen-bond donors (Lipinski definition) is 0. The van der Waals surface area contributed by atoms with E-state index in [1.54, 1.807) is 0 Å². The van der Waals surface area contributed by atoms with E-state index in [4.69, 9.17) is 0 Å². The molecule has 2 heteroatoms. The Morgan fingerprint density at radius 3 is 1.39 bits per heavy atom. The van der Waals surface area contributed by atoms with E-state index in [9.17, 15) is 9.59 Å². The molecule has 0 radical (unpaired) electrons. The van der Waals surface area contributed by atoms with E-state index < -0.39 is 0 Å². The summed E-state index contributed by atoms with van der Waals surface area (Å²) < 4.78 is 0. The number of ketones is 2. The van der Waals surface area contributed by atoms with E-state index in [0.29, 0.717) is 0 Å². The fraction of sp³-hybridized carbons (Fsp3) is 0.875. The Balaban J connectivity index is 1.90. The van der Waals surface area contributed by atoms with Gasteiger partial charge in [-0.3, -0.25) is 9.59 Å². The van der Waals surface area contributed by atoms with Crippen molar-refractivity contribution in [3.05, 3.63) is 0 Å². The van der Waals surface area contributed by atoms with Crippen LogP contribution in [0, 0.1) is 17.8 Å². The summed E-state index contributed by atoms with van der Waals surface area (Å²) in [6.45, 7) is 1.86. The Kier molecular flexibility index (Phi) is 4.96. The van der Waals surface area contributed by atoms with Crippen LogP contribution in [0.2, 0.25) is 0 Å². The molecule has 102 valence electrons. The summed E-state index contributed by atoms with van der Waals surface area (Å²) in [7, 11) is 0. The molecule has 2 saturated carbocycles. The van der Waals surface area contributed by atoms with Crippen LogP contribution in [0.5, 0.6) is 0 Å². The van der Waals surface area contributed by atoms with Crippen molar-refractivity contribution in [2.24, 2.45) is 17.8 Å². The molecule has 2 aliphatic carbocycles. The number of carbonyl (C=O) groups excluding carboxylic acids is 2. The highest BCUT2D eigenvalue weighted by atomic mass is 16.2. The second-order valence-corrected chi connectivity index (χ2v) is 6.20. The molecule has 0 heterocycles. The first kappa shape index (κ1) is 13.8. The molecule has 0 aromatic carbocycles. The van der Waals surface area contributed by atoms with Gasteiger partial charge < -0.3 is 0 Å². The molecule has 0 spiro atoms. The molecule has 0 atom stereocenters. The fourth-order valence-corrected chi connectivity index (χ4v) is 3.62. The highest BCUT2D eigenvalue weighted by Crippen LogP contribution is 2.31. The zero-order chi connectivity index (χ0) is 13.0. The van der Waals surface area contributed by atoms with Crippen LogP contribution in [0.25, 0.3) is 0 Å². The lowest BCUT2D eigenvalue weighted by Crippen LogP contribution is -2.33. The Hall–Kier alpha value is -0.660. The Morgan fingerprint density at radius 2 is 1.06 bits per heavy atom. The maximum Gasteiger partial charge on any atom is 0.146 e. The van der Waals surface area contributed by atoms with Gasteiger partial charge in [0.25, 0.3) is 0 Å². The summed E-state index contributed by atoms with van der Waals surface area (Å²) in [5, 5.41) is 0. The van der Waals surface area contributed by atoms with Crippen LogP contribution in [-0.4, -0.2) is 11.6 Å². The van der Waals surface area contributed by atoms with Gasteiger partial charge in [0.05, 0.1) is 5.92 Å². The van der Waals surface area contributed by atoms with Crippen LogP contribution in [0.4, 0.5) is 0 Å². The van der Waals surface area contributed by atoms with Crippen molar-refractivity contribution in [3.63, 3.8) is 0 Å². The minimum atomic E-state index is -0.337. The summed E-state index contributed by atoms with van der Waals surface area (Å²) in [5.41, 5.74) is 0. The molecule has 2 fully saturated rings. The average molecular weight is 250 g/mol. The fourth-order valence-electron chi connectivity index (χ4n) is 3.62. The monoisotopic (exact) mass is 250 g/mol. The molecule has 0 unspecified atom stereocenters. The van der Waals surface area contributed by atoms with Crippen molar-refractivity contribution in [1.82, 2.24) is 0 Å². The molecule has 0 saturated heterocycles. The van der Waals surface area contributed by atoms with Gasteiger partial charge in [0, 0.05) is 11.8 Å². The quantitative estimate of drug-likeness (QED) is 0.709. The van der Waals surface area contributed by atoms with Crippen molar-refractivity contribution in [2.45, 2.75) is 71.1 Å². The predicted molar refractivity (Wildman–Crippen MR) is 72.3 cm³/mol. The van der Waals surface area contributed by atoms with Gasteiger partial charge >= 0.3 is 0 Å². The van der Waals surface area contributed by atoms with Crippen LogP contribution >= 0.6 is 0 Å². The van der Waals surface area contributed by atoms with Gasteiger partial charge in [0.15, 0.2) is 0 Å². The van der Waals surface area contributed by atoms with Gasteiger partial charge in [-0.05, 0) is 32.6 Å². The largest absolute Gasteiger partial charge is 0.299 e. The lowest BCUT2D eigenvalue weighted by atomic mass is 9.76. The van der Waals surface area contributed by atoms with Crippen molar-refractivity contribution in [2.75, 3.05) is 0 Å². The van der Waals surface area contributed by atoms with E-state index in [0.717, 1.165) is 25.7 Å². The SMILES string of the molecule is CC(C(=O)C1CCCCC1)C(=O)C1CCCCC1. The van der Waals surface area contributed by atoms with E-state index in [2.05, 4.69) is 0 Å². The molecule has 0 bridgehead atoms. The zero-order valence-electron chi connectivity index (χ0n) is 11.6. The Labute approximate surface area is 111 Å². The van der Waals surface area contributed by atoms with Crippen molar-refractivity contribution < 1.29 is 9.59 Å². The molecule has 0 aromatic rings. The van der Waals surface area contributed by atoms with Crippen molar-refractivity contribution in [1.29, 1.82) is 0 Å². The summed E-state index contributed by atoms with van der Waals surface area (Å²) >= 11 is 0.